The Morgan fingerprint density at radius 3 is 2.75 bits per heavy atom. The van der Waals surface area contributed by atoms with Crippen molar-refractivity contribution < 1.29 is 23.4 Å². The molecule has 0 spiro atoms. The number of benzene rings is 1. The van der Waals surface area contributed by atoms with Crippen LogP contribution in [0.5, 0.6) is 5.88 Å². The molecule has 0 saturated heterocycles. The molecule has 0 radical (unpaired) electrons. The molecular formula is C21H20N2O5. The Morgan fingerprint density at radius 2 is 2.04 bits per heavy atom. The molecule has 7 nitrogen and oxygen atoms in total. The van der Waals surface area contributed by atoms with Gasteiger partial charge >= 0.3 is 6.16 Å². The van der Waals surface area contributed by atoms with Crippen molar-refractivity contribution in [2.45, 2.75) is 26.6 Å². The van der Waals surface area contributed by atoms with E-state index in [1.54, 1.807) is 33.4 Å². The van der Waals surface area contributed by atoms with Crippen molar-refractivity contribution in [3.63, 3.8) is 0 Å². The number of carbonyl (C=O) groups is 1. The van der Waals surface area contributed by atoms with Crippen LogP contribution in [0.25, 0.3) is 33.1 Å². The molecule has 144 valence electrons. The molecule has 7 heteroatoms. The van der Waals surface area contributed by atoms with Crippen LogP contribution in [0, 0.1) is 0 Å². The molecule has 0 fully saturated rings. The smallest absolute Gasteiger partial charge is 0.464 e. The summed E-state index contributed by atoms with van der Waals surface area (Å²) in [5, 5.41) is 1.81. The molecule has 0 atom stereocenters. The fourth-order valence-electron chi connectivity index (χ4n) is 3.29. The summed E-state index contributed by atoms with van der Waals surface area (Å²) < 4.78 is 21.5. The van der Waals surface area contributed by atoms with E-state index in [1.165, 1.54) is 0 Å². The summed E-state index contributed by atoms with van der Waals surface area (Å²) in [6, 6.07) is 9.67. The van der Waals surface area contributed by atoms with Crippen LogP contribution in [0.4, 0.5) is 4.79 Å². The fourth-order valence-corrected chi connectivity index (χ4v) is 3.29. The van der Waals surface area contributed by atoms with E-state index in [-0.39, 0.29) is 18.6 Å². The van der Waals surface area contributed by atoms with Crippen LogP contribution < -0.4 is 4.74 Å². The van der Waals surface area contributed by atoms with E-state index in [1.807, 2.05) is 30.3 Å². The molecule has 0 unspecified atom stereocenters. The first kappa shape index (κ1) is 18.1. The number of fused-ring (bicyclic) bond motifs is 3. The zero-order valence-corrected chi connectivity index (χ0v) is 15.8. The van der Waals surface area contributed by atoms with Crippen LogP contribution in [-0.4, -0.2) is 29.3 Å². The summed E-state index contributed by atoms with van der Waals surface area (Å²) in [5.41, 5.74) is 3.31. The Hall–Kier alpha value is -3.32. The number of aromatic amines is 1. The van der Waals surface area contributed by atoms with Gasteiger partial charge in [0.1, 0.15) is 5.76 Å². The zero-order valence-electron chi connectivity index (χ0n) is 15.8. The molecule has 0 aliphatic rings. The summed E-state index contributed by atoms with van der Waals surface area (Å²) in [5.74, 6) is 0.906. The highest BCUT2D eigenvalue weighted by Gasteiger charge is 2.21. The van der Waals surface area contributed by atoms with E-state index in [9.17, 15) is 4.79 Å². The molecule has 4 aromatic rings. The monoisotopic (exact) mass is 380 g/mol. The number of rotatable bonds is 5. The lowest BCUT2D eigenvalue weighted by atomic mass is 10.0. The minimum Gasteiger partial charge on any atom is -0.464 e. The second kappa shape index (κ2) is 7.36. The number of aromatic nitrogens is 2. The van der Waals surface area contributed by atoms with Crippen LogP contribution in [-0.2, 0) is 16.1 Å². The Bertz CT molecular complexity index is 1130. The van der Waals surface area contributed by atoms with Crippen molar-refractivity contribution in [1.82, 2.24) is 9.97 Å². The number of hydrogen-bond acceptors (Lipinski definition) is 6. The predicted octanol–water partition coefficient (Wildman–Crippen LogP) is 5.05. The van der Waals surface area contributed by atoms with Gasteiger partial charge in [-0.05, 0) is 32.0 Å². The maximum Gasteiger partial charge on any atom is 0.515 e. The number of hydrogen-bond donors (Lipinski definition) is 1. The van der Waals surface area contributed by atoms with Crippen LogP contribution >= 0.6 is 0 Å². The molecule has 0 bridgehead atoms. The molecule has 0 aliphatic carbocycles. The number of furan rings is 1. The lowest BCUT2D eigenvalue weighted by molar-refractivity contribution is 0.0705. The normalized spacial score (nSPS) is 11.4. The van der Waals surface area contributed by atoms with Crippen LogP contribution in [0.1, 0.15) is 19.4 Å². The topological polar surface area (TPSA) is 86.6 Å². The summed E-state index contributed by atoms with van der Waals surface area (Å²) in [6.45, 7) is 3.72. The minimum atomic E-state index is -0.801. The highest BCUT2D eigenvalue weighted by molar-refractivity contribution is 6.15. The third kappa shape index (κ3) is 3.20. The number of carbonyl (C=O) groups excluding carboxylic acids is 1. The fraction of sp³-hybridized carbons (Fsp3) is 0.238. The highest BCUT2D eigenvalue weighted by atomic mass is 16.7. The lowest BCUT2D eigenvalue weighted by Gasteiger charge is -2.12. The van der Waals surface area contributed by atoms with Crippen LogP contribution in [0.3, 0.4) is 0 Å². The largest absolute Gasteiger partial charge is 0.515 e. The van der Waals surface area contributed by atoms with Gasteiger partial charge in [0, 0.05) is 29.0 Å². The standard InChI is InChI=1S/C21H20N2O5/c1-12(2)27-21(24)28-20-14(11-25-3)19-16(10-22-20)23-15-7-4-6-13(18(15)19)17-8-5-9-26-17/h4-10,12,23H,11H2,1-3H3. The molecule has 0 amide bonds. The van der Waals surface area contributed by atoms with Crippen molar-refractivity contribution in [1.29, 1.82) is 0 Å². The van der Waals surface area contributed by atoms with Gasteiger partial charge in [-0.2, -0.15) is 0 Å². The maximum atomic E-state index is 12.0. The second-order valence-corrected chi connectivity index (χ2v) is 6.61. The number of ether oxygens (including phenoxy) is 3. The SMILES string of the molecule is COCc1c(OC(=O)OC(C)C)ncc2[nH]c3cccc(-c4ccco4)c3c12. The van der Waals surface area contributed by atoms with Crippen molar-refractivity contribution >= 4 is 28.0 Å². The number of pyridine rings is 1. The number of nitrogens with zero attached hydrogens (tertiary/aromatic N) is 1. The van der Waals surface area contributed by atoms with Crippen molar-refractivity contribution in [2.24, 2.45) is 0 Å². The van der Waals surface area contributed by atoms with Crippen LogP contribution in [0.15, 0.2) is 47.2 Å². The van der Waals surface area contributed by atoms with E-state index in [2.05, 4.69) is 9.97 Å². The second-order valence-electron chi connectivity index (χ2n) is 6.61. The highest BCUT2D eigenvalue weighted by Crippen LogP contribution is 2.38. The van der Waals surface area contributed by atoms with E-state index < -0.39 is 6.16 Å². The van der Waals surface area contributed by atoms with Gasteiger partial charge in [-0.15, -0.1) is 0 Å². The first-order valence-electron chi connectivity index (χ1n) is 8.92. The van der Waals surface area contributed by atoms with Gasteiger partial charge in [0.05, 0.1) is 36.3 Å². The summed E-state index contributed by atoms with van der Waals surface area (Å²) in [6.07, 6.45) is 2.18. The summed E-state index contributed by atoms with van der Waals surface area (Å²) >= 11 is 0. The van der Waals surface area contributed by atoms with Crippen molar-refractivity contribution in [2.75, 3.05) is 7.11 Å². The van der Waals surface area contributed by atoms with E-state index in [4.69, 9.17) is 18.6 Å². The predicted molar refractivity (Wildman–Crippen MR) is 104 cm³/mol. The van der Waals surface area contributed by atoms with Crippen molar-refractivity contribution in [3.8, 4) is 17.2 Å². The third-order valence-corrected chi connectivity index (χ3v) is 4.31. The Morgan fingerprint density at radius 1 is 1.18 bits per heavy atom. The number of methoxy groups -OCH3 is 1. The van der Waals surface area contributed by atoms with Crippen LogP contribution in [0.2, 0.25) is 0 Å². The van der Waals surface area contributed by atoms with E-state index in [0.29, 0.717) is 5.56 Å². The van der Waals surface area contributed by atoms with Gasteiger partial charge in [-0.1, -0.05) is 12.1 Å². The Kier molecular flexibility index (Phi) is 4.75. The molecular weight excluding hydrogens is 360 g/mol. The molecule has 3 aromatic heterocycles. The molecule has 1 aromatic carbocycles. The Labute approximate surface area is 161 Å². The van der Waals surface area contributed by atoms with Gasteiger partial charge in [-0.25, -0.2) is 9.78 Å². The first-order valence-corrected chi connectivity index (χ1v) is 8.92. The summed E-state index contributed by atoms with van der Waals surface area (Å²) in [7, 11) is 1.58. The molecule has 4 rings (SSSR count). The third-order valence-electron chi connectivity index (χ3n) is 4.31. The number of nitrogens with one attached hydrogen (secondary N) is 1. The average Bonchev–Trinajstić information content (AvgIpc) is 3.30. The first-order chi connectivity index (χ1) is 13.6. The molecule has 0 aliphatic heterocycles. The molecule has 3 heterocycles. The summed E-state index contributed by atoms with van der Waals surface area (Å²) in [4.78, 5) is 19.7. The maximum absolute atomic E-state index is 12.0. The van der Waals surface area contributed by atoms with Gasteiger partial charge < -0.3 is 23.6 Å². The quantitative estimate of drug-likeness (QED) is 0.488. The molecule has 28 heavy (non-hydrogen) atoms. The van der Waals surface area contributed by atoms with Gasteiger partial charge in [-0.3, -0.25) is 0 Å². The van der Waals surface area contributed by atoms with Gasteiger partial charge in [0.25, 0.3) is 0 Å². The lowest BCUT2D eigenvalue weighted by Crippen LogP contribution is -2.17. The van der Waals surface area contributed by atoms with Gasteiger partial charge in [0.2, 0.25) is 5.88 Å². The van der Waals surface area contributed by atoms with E-state index in [0.717, 1.165) is 33.1 Å². The Balaban J connectivity index is 1.95. The molecule has 0 saturated carbocycles. The van der Waals surface area contributed by atoms with E-state index >= 15 is 0 Å². The molecule has 1 N–H and O–H groups in total. The zero-order chi connectivity index (χ0) is 19.7. The average molecular weight is 380 g/mol. The van der Waals surface area contributed by atoms with Crippen molar-refractivity contribution in [3.05, 3.63) is 48.4 Å². The minimum absolute atomic E-state index is 0.162. The van der Waals surface area contributed by atoms with Gasteiger partial charge in [0.15, 0.2) is 0 Å². The number of H-pyrrole nitrogens is 1.